The molecular formula is C8H13N. The zero-order valence-electron chi connectivity index (χ0n) is 5.75. The molecule has 2 unspecified atom stereocenters. The lowest BCUT2D eigenvalue weighted by Gasteiger charge is -2.17. The minimum Gasteiger partial charge on any atom is -0.324 e. The molecule has 1 rings (SSSR count). The van der Waals surface area contributed by atoms with Gasteiger partial charge < -0.3 is 5.73 Å². The standard InChI is InChI=1S/C8H13N/c1-2-7-5-3-4-6-8(7)9/h3-8H,2,9H2,1H3. The van der Waals surface area contributed by atoms with Crippen LogP contribution < -0.4 is 5.73 Å². The Bertz CT molecular complexity index is 136. The Kier molecular flexibility index (Phi) is 2.06. The zero-order chi connectivity index (χ0) is 6.69. The van der Waals surface area contributed by atoms with Crippen LogP contribution in [0.25, 0.3) is 0 Å². The van der Waals surface area contributed by atoms with Gasteiger partial charge in [0.2, 0.25) is 0 Å². The van der Waals surface area contributed by atoms with Crippen LogP contribution in [0.2, 0.25) is 0 Å². The highest BCUT2D eigenvalue weighted by Crippen LogP contribution is 2.13. The molecule has 0 amide bonds. The van der Waals surface area contributed by atoms with Crippen molar-refractivity contribution in [3.8, 4) is 0 Å². The van der Waals surface area contributed by atoms with Gasteiger partial charge in [-0.05, 0) is 12.3 Å². The second kappa shape index (κ2) is 2.83. The molecule has 1 aliphatic rings. The van der Waals surface area contributed by atoms with Crippen LogP contribution in [0.4, 0.5) is 0 Å². The van der Waals surface area contributed by atoms with Crippen LogP contribution >= 0.6 is 0 Å². The summed E-state index contributed by atoms with van der Waals surface area (Å²) in [5.74, 6) is 0.565. The summed E-state index contributed by atoms with van der Waals surface area (Å²) >= 11 is 0. The molecule has 0 aliphatic heterocycles. The third kappa shape index (κ3) is 1.42. The molecule has 0 spiro atoms. The van der Waals surface area contributed by atoms with Crippen molar-refractivity contribution < 1.29 is 0 Å². The molecule has 0 fully saturated rings. The predicted molar refractivity (Wildman–Crippen MR) is 40.0 cm³/mol. The molecule has 1 nitrogen and oxygen atoms in total. The first-order valence-electron chi connectivity index (χ1n) is 3.45. The Balaban J connectivity index is 2.55. The van der Waals surface area contributed by atoms with Gasteiger partial charge in [0.25, 0.3) is 0 Å². The van der Waals surface area contributed by atoms with Gasteiger partial charge in [-0.2, -0.15) is 0 Å². The summed E-state index contributed by atoms with van der Waals surface area (Å²) in [4.78, 5) is 0. The predicted octanol–water partition coefficient (Wildman–Crippen LogP) is 1.47. The van der Waals surface area contributed by atoms with E-state index in [0.29, 0.717) is 5.92 Å². The summed E-state index contributed by atoms with van der Waals surface area (Å²) < 4.78 is 0. The minimum atomic E-state index is 0.250. The van der Waals surface area contributed by atoms with Gasteiger partial charge in [-0.1, -0.05) is 31.2 Å². The molecule has 0 aromatic rings. The van der Waals surface area contributed by atoms with E-state index in [1.54, 1.807) is 0 Å². The van der Waals surface area contributed by atoms with E-state index in [1.165, 1.54) is 0 Å². The Morgan fingerprint density at radius 1 is 1.33 bits per heavy atom. The third-order valence-electron chi connectivity index (χ3n) is 1.77. The van der Waals surface area contributed by atoms with E-state index in [0.717, 1.165) is 6.42 Å². The van der Waals surface area contributed by atoms with Crippen molar-refractivity contribution in [3.63, 3.8) is 0 Å². The summed E-state index contributed by atoms with van der Waals surface area (Å²) in [6.45, 7) is 2.16. The molecule has 2 N–H and O–H groups in total. The maximum atomic E-state index is 5.75. The van der Waals surface area contributed by atoms with Gasteiger partial charge in [0.05, 0.1) is 0 Å². The highest BCUT2D eigenvalue weighted by atomic mass is 14.6. The Morgan fingerprint density at radius 2 is 2.00 bits per heavy atom. The molecule has 0 aromatic carbocycles. The first-order chi connectivity index (χ1) is 4.34. The molecule has 0 aromatic heterocycles. The van der Waals surface area contributed by atoms with Crippen LogP contribution in [-0.4, -0.2) is 6.04 Å². The second-order valence-corrected chi connectivity index (χ2v) is 2.42. The summed E-state index contributed by atoms with van der Waals surface area (Å²) in [7, 11) is 0. The molecule has 0 saturated heterocycles. The first-order valence-corrected chi connectivity index (χ1v) is 3.45. The van der Waals surface area contributed by atoms with Crippen LogP contribution in [0.1, 0.15) is 13.3 Å². The molecule has 9 heavy (non-hydrogen) atoms. The van der Waals surface area contributed by atoms with E-state index in [1.807, 2.05) is 12.2 Å². The zero-order valence-corrected chi connectivity index (χ0v) is 5.75. The van der Waals surface area contributed by atoms with Crippen molar-refractivity contribution in [2.24, 2.45) is 11.7 Å². The van der Waals surface area contributed by atoms with Crippen molar-refractivity contribution in [1.82, 2.24) is 0 Å². The Morgan fingerprint density at radius 3 is 2.44 bits per heavy atom. The Labute approximate surface area is 56.2 Å². The van der Waals surface area contributed by atoms with Crippen molar-refractivity contribution in [2.75, 3.05) is 0 Å². The fraction of sp³-hybridized carbons (Fsp3) is 0.500. The maximum absolute atomic E-state index is 5.75. The molecule has 1 heteroatoms. The minimum absolute atomic E-state index is 0.250. The summed E-state index contributed by atoms with van der Waals surface area (Å²) in [5, 5.41) is 0. The van der Waals surface area contributed by atoms with Gasteiger partial charge in [0.15, 0.2) is 0 Å². The van der Waals surface area contributed by atoms with Crippen LogP contribution in [-0.2, 0) is 0 Å². The maximum Gasteiger partial charge on any atom is 0.0290 e. The number of nitrogens with two attached hydrogens (primary N) is 1. The largest absolute Gasteiger partial charge is 0.324 e. The average Bonchev–Trinajstić information content (AvgIpc) is 1.89. The third-order valence-corrected chi connectivity index (χ3v) is 1.77. The van der Waals surface area contributed by atoms with Crippen molar-refractivity contribution >= 4 is 0 Å². The molecule has 1 aliphatic carbocycles. The number of rotatable bonds is 1. The van der Waals surface area contributed by atoms with Gasteiger partial charge in [-0.25, -0.2) is 0 Å². The van der Waals surface area contributed by atoms with E-state index in [2.05, 4.69) is 19.1 Å². The topological polar surface area (TPSA) is 26.0 Å². The van der Waals surface area contributed by atoms with Gasteiger partial charge in [-0.3, -0.25) is 0 Å². The van der Waals surface area contributed by atoms with Crippen LogP contribution in [0.3, 0.4) is 0 Å². The van der Waals surface area contributed by atoms with E-state index >= 15 is 0 Å². The van der Waals surface area contributed by atoms with Crippen molar-refractivity contribution in [3.05, 3.63) is 24.3 Å². The summed E-state index contributed by atoms with van der Waals surface area (Å²) in [6.07, 6.45) is 9.44. The fourth-order valence-electron chi connectivity index (χ4n) is 1.08. The van der Waals surface area contributed by atoms with E-state index < -0.39 is 0 Å². The summed E-state index contributed by atoms with van der Waals surface area (Å²) in [6, 6.07) is 0.250. The number of allylic oxidation sites excluding steroid dienone is 2. The molecule has 2 atom stereocenters. The van der Waals surface area contributed by atoms with Gasteiger partial charge in [0.1, 0.15) is 0 Å². The molecule has 0 radical (unpaired) electrons. The smallest absolute Gasteiger partial charge is 0.0290 e. The highest BCUT2D eigenvalue weighted by molar-refractivity contribution is 5.16. The summed E-state index contributed by atoms with van der Waals surface area (Å²) in [5.41, 5.74) is 5.75. The van der Waals surface area contributed by atoms with Gasteiger partial charge in [0, 0.05) is 6.04 Å². The van der Waals surface area contributed by atoms with E-state index in [-0.39, 0.29) is 6.04 Å². The average molecular weight is 123 g/mol. The van der Waals surface area contributed by atoms with Crippen molar-refractivity contribution in [1.29, 1.82) is 0 Å². The molecule has 0 bridgehead atoms. The quantitative estimate of drug-likeness (QED) is 0.561. The Hall–Kier alpha value is -0.560. The van der Waals surface area contributed by atoms with Crippen LogP contribution in [0.15, 0.2) is 24.3 Å². The van der Waals surface area contributed by atoms with Crippen molar-refractivity contribution in [2.45, 2.75) is 19.4 Å². The SMILES string of the molecule is CCC1C=CC=CC1N. The van der Waals surface area contributed by atoms with Gasteiger partial charge in [-0.15, -0.1) is 0 Å². The van der Waals surface area contributed by atoms with E-state index in [4.69, 9.17) is 5.73 Å². The van der Waals surface area contributed by atoms with Crippen LogP contribution in [0.5, 0.6) is 0 Å². The van der Waals surface area contributed by atoms with Gasteiger partial charge >= 0.3 is 0 Å². The molecular weight excluding hydrogens is 110 g/mol. The highest BCUT2D eigenvalue weighted by Gasteiger charge is 2.10. The molecule has 0 saturated carbocycles. The number of hydrogen-bond donors (Lipinski definition) is 1. The molecule has 50 valence electrons. The van der Waals surface area contributed by atoms with Crippen LogP contribution in [0, 0.1) is 5.92 Å². The van der Waals surface area contributed by atoms with E-state index in [9.17, 15) is 0 Å². The normalized spacial score (nSPS) is 33.1. The lowest BCUT2D eigenvalue weighted by molar-refractivity contribution is 0.553. The monoisotopic (exact) mass is 123 g/mol. The number of hydrogen-bond acceptors (Lipinski definition) is 1. The molecule has 0 heterocycles. The second-order valence-electron chi connectivity index (χ2n) is 2.42. The fourth-order valence-corrected chi connectivity index (χ4v) is 1.08. The first kappa shape index (κ1) is 6.56. The lowest BCUT2D eigenvalue weighted by atomic mass is 9.94. The lowest BCUT2D eigenvalue weighted by Crippen LogP contribution is -2.27.